The Morgan fingerprint density at radius 1 is 1.19 bits per heavy atom. The third kappa shape index (κ3) is 3.51. The molecule has 0 bridgehead atoms. The van der Waals surface area contributed by atoms with Crippen molar-refractivity contribution in [2.75, 3.05) is 26.2 Å². The Morgan fingerprint density at radius 2 is 1.96 bits per heavy atom. The van der Waals surface area contributed by atoms with Gasteiger partial charge in [0.1, 0.15) is 11.4 Å². The SMILES string of the molecule is Cc1nonc1CN1CCN(C(=O)c2cn[nH]c2C2CCCCC2)CC1. The number of aryl methyl sites for hydroxylation is 1. The van der Waals surface area contributed by atoms with Crippen molar-refractivity contribution in [1.29, 1.82) is 0 Å². The van der Waals surface area contributed by atoms with E-state index in [1.807, 2.05) is 11.8 Å². The maximum atomic E-state index is 13.0. The van der Waals surface area contributed by atoms with Crippen LogP contribution in [0.4, 0.5) is 0 Å². The van der Waals surface area contributed by atoms with E-state index in [0.29, 0.717) is 5.92 Å². The molecule has 8 heteroatoms. The summed E-state index contributed by atoms with van der Waals surface area (Å²) in [4.78, 5) is 17.2. The molecule has 1 aliphatic heterocycles. The van der Waals surface area contributed by atoms with Crippen molar-refractivity contribution >= 4 is 5.91 Å². The number of aromatic amines is 1. The van der Waals surface area contributed by atoms with E-state index in [0.717, 1.165) is 68.2 Å². The number of carbonyl (C=O) groups excluding carboxylic acids is 1. The minimum Gasteiger partial charge on any atom is -0.336 e. The Hall–Kier alpha value is -2.22. The number of amides is 1. The summed E-state index contributed by atoms with van der Waals surface area (Å²) in [6.07, 6.45) is 7.81. The molecule has 2 aromatic heterocycles. The molecule has 26 heavy (non-hydrogen) atoms. The van der Waals surface area contributed by atoms with Crippen molar-refractivity contribution in [2.24, 2.45) is 0 Å². The zero-order chi connectivity index (χ0) is 17.9. The number of aromatic nitrogens is 4. The predicted octanol–water partition coefficient (Wildman–Crippen LogP) is 2.11. The zero-order valence-corrected chi connectivity index (χ0v) is 15.3. The molecule has 0 aromatic carbocycles. The van der Waals surface area contributed by atoms with Gasteiger partial charge in [-0.25, -0.2) is 4.63 Å². The van der Waals surface area contributed by atoms with Gasteiger partial charge in [0.25, 0.3) is 5.91 Å². The van der Waals surface area contributed by atoms with Crippen LogP contribution in [0, 0.1) is 6.92 Å². The van der Waals surface area contributed by atoms with Crippen molar-refractivity contribution in [2.45, 2.75) is 51.5 Å². The molecule has 140 valence electrons. The first kappa shape index (κ1) is 17.2. The van der Waals surface area contributed by atoms with Gasteiger partial charge in [0.15, 0.2) is 0 Å². The molecule has 0 radical (unpaired) electrons. The molecule has 2 aliphatic rings. The Bertz CT molecular complexity index is 740. The van der Waals surface area contributed by atoms with Gasteiger partial charge in [-0.2, -0.15) is 5.10 Å². The van der Waals surface area contributed by atoms with E-state index in [1.54, 1.807) is 6.20 Å². The van der Waals surface area contributed by atoms with E-state index in [4.69, 9.17) is 4.63 Å². The van der Waals surface area contributed by atoms with E-state index < -0.39 is 0 Å². The number of carbonyl (C=O) groups is 1. The van der Waals surface area contributed by atoms with Crippen LogP contribution in [0.1, 0.15) is 65.5 Å². The number of H-pyrrole nitrogens is 1. The molecule has 4 rings (SSSR count). The Balaban J connectivity index is 1.37. The molecule has 1 N–H and O–H groups in total. The van der Waals surface area contributed by atoms with Crippen molar-refractivity contribution in [1.82, 2.24) is 30.3 Å². The van der Waals surface area contributed by atoms with E-state index in [-0.39, 0.29) is 5.91 Å². The van der Waals surface area contributed by atoms with Crippen LogP contribution in [-0.2, 0) is 6.54 Å². The summed E-state index contributed by atoms with van der Waals surface area (Å²) in [7, 11) is 0. The molecular weight excluding hydrogens is 332 g/mol. The van der Waals surface area contributed by atoms with E-state index >= 15 is 0 Å². The third-order valence-electron chi connectivity index (χ3n) is 5.69. The first-order chi connectivity index (χ1) is 12.7. The van der Waals surface area contributed by atoms with Gasteiger partial charge in [0.05, 0.1) is 17.5 Å². The van der Waals surface area contributed by atoms with Crippen LogP contribution in [0.2, 0.25) is 0 Å². The molecule has 1 aliphatic carbocycles. The van der Waals surface area contributed by atoms with E-state index in [9.17, 15) is 4.79 Å². The number of hydrogen-bond acceptors (Lipinski definition) is 6. The van der Waals surface area contributed by atoms with Crippen LogP contribution in [0.5, 0.6) is 0 Å². The quantitative estimate of drug-likeness (QED) is 0.900. The molecule has 3 heterocycles. The average molecular weight is 358 g/mol. The highest BCUT2D eigenvalue weighted by Crippen LogP contribution is 2.33. The van der Waals surface area contributed by atoms with Crippen LogP contribution < -0.4 is 0 Å². The molecule has 1 saturated carbocycles. The van der Waals surface area contributed by atoms with Gasteiger partial charge in [0.2, 0.25) is 0 Å². The lowest BCUT2D eigenvalue weighted by molar-refractivity contribution is 0.0623. The standard InChI is InChI=1S/C18H26N6O2/c1-13-16(22-26-21-13)12-23-7-9-24(10-8-23)18(25)15-11-19-20-17(15)14-5-3-2-4-6-14/h11,14H,2-10,12H2,1H3,(H,19,20). The molecule has 2 aromatic rings. The number of piperazine rings is 1. The second-order valence-corrected chi connectivity index (χ2v) is 7.40. The molecule has 0 atom stereocenters. The lowest BCUT2D eigenvalue weighted by Crippen LogP contribution is -2.48. The van der Waals surface area contributed by atoms with Gasteiger partial charge >= 0.3 is 0 Å². The summed E-state index contributed by atoms with van der Waals surface area (Å²) >= 11 is 0. The van der Waals surface area contributed by atoms with Crippen LogP contribution in [0.15, 0.2) is 10.8 Å². The summed E-state index contributed by atoms with van der Waals surface area (Å²) < 4.78 is 4.76. The van der Waals surface area contributed by atoms with Crippen LogP contribution in [0.25, 0.3) is 0 Å². The Morgan fingerprint density at radius 3 is 2.65 bits per heavy atom. The summed E-state index contributed by atoms with van der Waals surface area (Å²) in [5.41, 5.74) is 3.52. The highest BCUT2D eigenvalue weighted by atomic mass is 16.6. The largest absolute Gasteiger partial charge is 0.336 e. The van der Waals surface area contributed by atoms with Crippen molar-refractivity contribution in [3.8, 4) is 0 Å². The Labute approximate surface area is 152 Å². The minimum atomic E-state index is 0.109. The summed E-state index contributed by atoms with van der Waals surface area (Å²) in [5.74, 6) is 0.562. The highest BCUT2D eigenvalue weighted by Gasteiger charge is 2.28. The van der Waals surface area contributed by atoms with Crippen molar-refractivity contribution < 1.29 is 9.42 Å². The fourth-order valence-corrected chi connectivity index (χ4v) is 4.05. The fraction of sp³-hybridized carbons (Fsp3) is 0.667. The van der Waals surface area contributed by atoms with Gasteiger partial charge in [-0.1, -0.05) is 29.6 Å². The maximum Gasteiger partial charge on any atom is 0.257 e. The second kappa shape index (κ2) is 7.57. The average Bonchev–Trinajstić information content (AvgIpc) is 3.32. The van der Waals surface area contributed by atoms with E-state index in [2.05, 4.69) is 25.4 Å². The molecule has 0 spiro atoms. The fourth-order valence-electron chi connectivity index (χ4n) is 4.05. The molecule has 8 nitrogen and oxygen atoms in total. The smallest absolute Gasteiger partial charge is 0.257 e. The molecule has 1 amide bonds. The summed E-state index contributed by atoms with van der Waals surface area (Å²) in [6.45, 7) is 5.72. The monoisotopic (exact) mass is 358 g/mol. The Kier molecular flexibility index (Phi) is 5.01. The molecule has 1 saturated heterocycles. The maximum absolute atomic E-state index is 13.0. The van der Waals surface area contributed by atoms with Crippen molar-refractivity contribution in [3.63, 3.8) is 0 Å². The second-order valence-electron chi connectivity index (χ2n) is 7.40. The van der Waals surface area contributed by atoms with Gasteiger partial charge in [0, 0.05) is 38.6 Å². The molecule has 2 fully saturated rings. The number of rotatable bonds is 4. The van der Waals surface area contributed by atoms with Crippen LogP contribution >= 0.6 is 0 Å². The number of nitrogens with one attached hydrogen (secondary N) is 1. The summed E-state index contributed by atoms with van der Waals surface area (Å²) in [5, 5.41) is 15.1. The molecule has 0 unspecified atom stereocenters. The van der Waals surface area contributed by atoms with Crippen LogP contribution in [0.3, 0.4) is 0 Å². The van der Waals surface area contributed by atoms with Crippen molar-refractivity contribution in [3.05, 3.63) is 28.8 Å². The predicted molar refractivity (Wildman–Crippen MR) is 94.6 cm³/mol. The topological polar surface area (TPSA) is 91.2 Å². The lowest BCUT2D eigenvalue weighted by atomic mass is 9.85. The van der Waals surface area contributed by atoms with Gasteiger partial charge in [-0.3, -0.25) is 14.8 Å². The van der Waals surface area contributed by atoms with Gasteiger partial charge in [-0.05, 0) is 19.8 Å². The lowest BCUT2D eigenvalue weighted by Gasteiger charge is -2.34. The number of nitrogens with zero attached hydrogens (tertiary/aromatic N) is 5. The minimum absolute atomic E-state index is 0.109. The zero-order valence-electron chi connectivity index (χ0n) is 15.3. The van der Waals surface area contributed by atoms with E-state index in [1.165, 1.54) is 19.3 Å². The third-order valence-corrected chi connectivity index (χ3v) is 5.69. The van der Waals surface area contributed by atoms with Crippen LogP contribution in [-0.4, -0.2) is 62.4 Å². The van der Waals surface area contributed by atoms with Gasteiger partial charge < -0.3 is 4.90 Å². The molecular formula is C18H26N6O2. The first-order valence-corrected chi connectivity index (χ1v) is 9.55. The highest BCUT2D eigenvalue weighted by molar-refractivity contribution is 5.95. The number of hydrogen-bond donors (Lipinski definition) is 1. The summed E-state index contributed by atoms with van der Waals surface area (Å²) in [6, 6.07) is 0. The first-order valence-electron chi connectivity index (χ1n) is 9.55. The van der Waals surface area contributed by atoms with Gasteiger partial charge in [-0.15, -0.1) is 0 Å². The normalized spacial score (nSPS) is 19.8.